The van der Waals surface area contributed by atoms with Gasteiger partial charge in [0.15, 0.2) is 17.2 Å². The van der Waals surface area contributed by atoms with Crippen molar-refractivity contribution in [2.75, 3.05) is 34.5 Å². The first kappa shape index (κ1) is 19.3. The summed E-state index contributed by atoms with van der Waals surface area (Å²) in [5.41, 5.74) is 3.75. The molecule has 0 radical (unpaired) electrons. The maximum absolute atomic E-state index is 13.0. The van der Waals surface area contributed by atoms with E-state index in [9.17, 15) is 4.79 Å². The molecule has 2 aliphatic rings. The Morgan fingerprint density at radius 2 is 2.03 bits per heavy atom. The Labute approximate surface area is 171 Å². The molecule has 1 unspecified atom stereocenters. The summed E-state index contributed by atoms with van der Waals surface area (Å²) in [5.74, 6) is 2.22. The highest BCUT2D eigenvalue weighted by molar-refractivity contribution is 5.82. The molecule has 2 aromatic rings. The van der Waals surface area contributed by atoms with E-state index < -0.39 is 0 Å². The van der Waals surface area contributed by atoms with Crippen LogP contribution >= 0.6 is 0 Å². The second-order valence-corrected chi connectivity index (χ2v) is 8.18. The Morgan fingerprint density at radius 3 is 2.72 bits per heavy atom. The van der Waals surface area contributed by atoms with Crippen LogP contribution < -0.4 is 14.2 Å². The quantitative estimate of drug-likeness (QED) is 0.572. The Hall–Kier alpha value is -3.04. The molecule has 0 N–H and O–H groups in total. The van der Waals surface area contributed by atoms with Gasteiger partial charge < -0.3 is 18.7 Å². The number of hydrogen-bond donors (Lipinski definition) is 0. The zero-order valence-corrected chi connectivity index (χ0v) is 17.0. The van der Waals surface area contributed by atoms with E-state index in [2.05, 4.69) is 18.9 Å². The summed E-state index contributed by atoms with van der Waals surface area (Å²) in [6.07, 6.45) is 1.68. The minimum absolute atomic E-state index is 0.0155. The maximum atomic E-state index is 13.0. The van der Waals surface area contributed by atoms with Gasteiger partial charge in [-0.1, -0.05) is 24.3 Å². The molecular formula is C23H25N2O4+. The number of methoxy groups -OCH3 is 1. The fraction of sp³-hybridized carbons (Fsp3) is 0.391. The molecule has 6 heteroatoms. The van der Waals surface area contributed by atoms with E-state index >= 15 is 0 Å². The highest BCUT2D eigenvalue weighted by Crippen LogP contribution is 2.51. The molecule has 0 saturated heterocycles. The number of hydrogen-bond acceptors (Lipinski definition) is 4. The summed E-state index contributed by atoms with van der Waals surface area (Å²) >= 11 is 0. The van der Waals surface area contributed by atoms with E-state index in [0.717, 1.165) is 29.8 Å². The second kappa shape index (κ2) is 7.41. The minimum Gasteiger partial charge on any atom is -0.492 e. The number of benzene rings is 2. The number of ketones is 1. The van der Waals surface area contributed by atoms with E-state index in [1.54, 1.807) is 19.2 Å². The third kappa shape index (κ3) is 3.54. The van der Waals surface area contributed by atoms with Crippen molar-refractivity contribution < 1.29 is 23.5 Å². The Bertz CT molecular complexity index is 989. The zero-order chi connectivity index (χ0) is 20.6. The van der Waals surface area contributed by atoms with Gasteiger partial charge in [0, 0.05) is 12.8 Å². The maximum Gasteiger partial charge on any atom is 0.231 e. The van der Waals surface area contributed by atoms with Crippen molar-refractivity contribution in [3.63, 3.8) is 0 Å². The second-order valence-electron chi connectivity index (χ2n) is 8.18. The van der Waals surface area contributed by atoms with Gasteiger partial charge in [0.2, 0.25) is 12.5 Å². The summed E-state index contributed by atoms with van der Waals surface area (Å²) in [7, 11) is 5.97. The molecule has 6 nitrogen and oxygen atoms in total. The number of carbonyl (C=O) groups is 1. The summed E-state index contributed by atoms with van der Waals surface area (Å²) in [4.78, 5) is 16.4. The summed E-state index contributed by atoms with van der Waals surface area (Å²) in [6.45, 7) is 8.18. The highest BCUT2D eigenvalue weighted by atomic mass is 16.7. The number of Topliss-reactive ketones (excluding diaryl/α,β-unsaturated/α-hetero) is 1. The van der Waals surface area contributed by atoms with Gasteiger partial charge in [-0.3, -0.25) is 4.79 Å². The number of nitrogens with zero attached hydrogens (tertiary/aromatic N) is 2. The van der Waals surface area contributed by atoms with Crippen LogP contribution in [0.25, 0.3) is 4.85 Å². The Kier molecular flexibility index (Phi) is 4.93. The molecular weight excluding hydrogens is 368 g/mol. The molecule has 0 aliphatic carbocycles. The Balaban J connectivity index is 1.64. The van der Waals surface area contributed by atoms with Crippen molar-refractivity contribution in [2.45, 2.75) is 25.3 Å². The van der Waals surface area contributed by atoms with Crippen LogP contribution in [-0.2, 0) is 17.6 Å². The van der Waals surface area contributed by atoms with Crippen LogP contribution in [0.3, 0.4) is 0 Å². The van der Waals surface area contributed by atoms with Gasteiger partial charge in [0.05, 0.1) is 46.3 Å². The molecule has 0 saturated carbocycles. The third-order valence-electron chi connectivity index (χ3n) is 5.97. The molecule has 0 fully saturated rings. The van der Waals surface area contributed by atoms with Crippen molar-refractivity contribution >= 4 is 11.5 Å². The first-order valence-electron chi connectivity index (χ1n) is 9.73. The SMILES string of the molecule is [C-]#[N+]c1ccc(CC(=O)CC2c3c(cc4c(c3OC)OCO4)CC[N+]2(C)C)cc1. The zero-order valence-electron chi connectivity index (χ0n) is 17.0. The topological polar surface area (TPSA) is 49.1 Å². The van der Waals surface area contributed by atoms with E-state index in [-0.39, 0.29) is 18.6 Å². The molecule has 0 bridgehead atoms. The molecule has 2 aliphatic heterocycles. The van der Waals surface area contributed by atoms with Crippen molar-refractivity contribution in [3.8, 4) is 17.2 Å². The van der Waals surface area contributed by atoms with Crippen molar-refractivity contribution in [3.05, 3.63) is 58.4 Å². The molecule has 2 heterocycles. The lowest BCUT2D eigenvalue weighted by molar-refractivity contribution is -0.922. The predicted octanol–water partition coefficient (Wildman–Crippen LogP) is 3.85. The monoisotopic (exact) mass is 393 g/mol. The molecule has 0 amide bonds. The van der Waals surface area contributed by atoms with Crippen molar-refractivity contribution in [1.82, 2.24) is 0 Å². The van der Waals surface area contributed by atoms with Gasteiger partial charge in [-0.15, -0.1) is 0 Å². The summed E-state index contributed by atoms with van der Waals surface area (Å²) in [5, 5.41) is 0. The highest BCUT2D eigenvalue weighted by Gasteiger charge is 2.42. The smallest absolute Gasteiger partial charge is 0.231 e. The number of likely N-dealkylation sites (N-methyl/N-ethyl adjacent to an activating group) is 1. The van der Waals surface area contributed by atoms with Crippen LogP contribution in [0.15, 0.2) is 30.3 Å². The van der Waals surface area contributed by atoms with Gasteiger partial charge in [-0.2, -0.15) is 0 Å². The average molecular weight is 393 g/mol. The molecule has 150 valence electrons. The first-order valence-corrected chi connectivity index (χ1v) is 9.73. The normalized spacial score (nSPS) is 18.6. The number of ether oxygens (including phenoxy) is 3. The molecule has 0 aromatic heterocycles. The largest absolute Gasteiger partial charge is 0.492 e. The molecule has 29 heavy (non-hydrogen) atoms. The number of fused-ring (bicyclic) bond motifs is 2. The van der Waals surface area contributed by atoms with Crippen LogP contribution in [0, 0.1) is 6.57 Å². The fourth-order valence-corrected chi connectivity index (χ4v) is 4.32. The summed E-state index contributed by atoms with van der Waals surface area (Å²) in [6, 6.07) is 9.26. The van der Waals surface area contributed by atoms with Crippen LogP contribution in [-0.4, -0.2) is 44.8 Å². The van der Waals surface area contributed by atoms with E-state index in [0.29, 0.717) is 34.5 Å². The molecule has 0 spiro atoms. The van der Waals surface area contributed by atoms with Gasteiger partial charge in [-0.05, 0) is 17.2 Å². The van der Waals surface area contributed by atoms with Crippen LogP contribution in [0.1, 0.15) is 29.2 Å². The lowest BCUT2D eigenvalue weighted by Gasteiger charge is -2.43. The third-order valence-corrected chi connectivity index (χ3v) is 5.97. The van der Waals surface area contributed by atoms with Crippen LogP contribution in [0.5, 0.6) is 17.2 Å². The number of rotatable bonds is 5. The lowest BCUT2D eigenvalue weighted by Crippen LogP contribution is -2.48. The van der Waals surface area contributed by atoms with Crippen LogP contribution in [0.2, 0.25) is 0 Å². The van der Waals surface area contributed by atoms with Crippen molar-refractivity contribution in [2.24, 2.45) is 0 Å². The van der Waals surface area contributed by atoms with Gasteiger partial charge in [0.25, 0.3) is 0 Å². The number of quaternary nitrogens is 1. The Morgan fingerprint density at radius 1 is 1.28 bits per heavy atom. The first-order chi connectivity index (χ1) is 13.9. The predicted molar refractivity (Wildman–Crippen MR) is 109 cm³/mol. The van der Waals surface area contributed by atoms with Crippen molar-refractivity contribution in [1.29, 1.82) is 0 Å². The lowest BCUT2D eigenvalue weighted by atomic mass is 9.86. The van der Waals surface area contributed by atoms with E-state index in [4.69, 9.17) is 20.8 Å². The fourth-order valence-electron chi connectivity index (χ4n) is 4.32. The average Bonchev–Trinajstić information content (AvgIpc) is 3.17. The van der Waals surface area contributed by atoms with E-state index in [1.165, 1.54) is 5.56 Å². The molecule has 1 atom stereocenters. The molecule has 2 aromatic carbocycles. The van der Waals surface area contributed by atoms with Crippen LogP contribution in [0.4, 0.5) is 5.69 Å². The van der Waals surface area contributed by atoms with E-state index in [1.807, 2.05) is 18.2 Å². The van der Waals surface area contributed by atoms with Gasteiger partial charge in [-0.25, -0.2) is 4.85 Å². The van der Waals surface area contributed by atoms with Gasteiger partial charge in [0.1, 0.15) is 11.8 Å². The molecule has 4 rings (SSSR count). The standard InChI is InChI=1S/C23H25N2O4/c1-24-17-7-5-15(6-8-17)11-18(26)13-19-21-16(9-10-25(19,2)3)12-20-22(23(21)27-4)29-14-28-20/h5-8,12,19H,9-11,13-14H2,2-4H3/q+1. The minimum atomic E-state index is -0.0155. The summed E-state index contributed by atoms with van der Waals surface area (Å²) < 4.78 is 17.7. The number of carbonyl (C=O) groups excluding carboxylic acids is 1. The van der Waals surface area contributed by atoms with Gasteiger partial charge >= 0.3 is 0 Å².